The normalized spacial score (nSPS) is 26.8. The van der Waals surface area contributed by atoms with Crippen LogP contribution in [0.1, 0.15) is 0 Å². The summed E-state index contributed by atoms with van der Waals surface area (Å²) < 4.78 is 0. The fourth-order valence-corrected chi connectivity index (χ4v) is 1.20. The maximum absolute atomic E-state index is 2.30. The number of hydrogen-bond donors (Lipinski definition) is 0. The highest BCUT2D eigenvalue weighted by atomic mass is 31.2. The van der Waals surface area contributed by atoms with E-state index in [1.54, 1.807) is 0 Å². The third-order valence-corrected chi connectivity index (χ3v) is 2.24. The molecule has 0 unspecified atom stereocenters. The van der Waals surface area contributed by atoms with Gasteiger partial charge >= 0.3 is 0 Å². The second kappa shape index (κ2) is 0.628. The molecule has 0 aliphatic carbocycles. The van der Waals surface area contributed by atoms with Gasteiger partial charge in [-0.05, 0) is 0 Å². The van der Waals surface area contributed by atoms with E-state index in [1.807, 2.05) is 0 Å². The minimum Gasteiger partial charge on any atom is 0.0572 e. The predicted molar refractivity (Wildman–Crippen MR) is 27.9 cm³/mol. The Labute approximate surface area is 33.2 Å². The molecule has 0 bridgehead atoms. The highest BCUT2D eigenvalue weighted by Gasteiger charge is 2.30. The summed E-state index contributed by atoms with van der Waals surface area (Å²) in [6, 6.07) is 0. The highest BCUT2D eigenvalue weighted by molar-refractivity contribution is 7.86. The lowest BCUT2D eigenvalue weighted by atomic mass is 11.3. The molecule has 0 saturated carbocycles. The van der Waals surface area contributed by atoms with Crippen LogP contribution in [0.25, 0.3) is 0 Å². The molecule has 0 N–H and O–H groups in total. The van der Waals surface area contributed by atoms with Gasteiger partial charge in [-0.3, -0.25) is 0 Å². The molecular weight excluding hydrogens is 79.0 g/mol. The second-order valence-corrected chi connectivity index (χ2v) is 5.78. The average molecular weight is 87.1 g/mol. The van der Waals surface area contributed by atoms with Gasteiger partial charge in [0.2, 0.25) is 0 Å². The molecule has 0 spiro atoms. The zero-order chi connectivity index (χ0) is 3.91. The van der Waals surface area contributed by atoms with Crippen LogP contribution in [0.3, 0.4) is 0 Å². The Morgan fingerprint density at radius 1 is 1.20 bits per heavy atom. The first-order valence-corrected chi connectivity index (χ1v) is 4.57. The summed E-state index contributed by atoms with van der Waals surface area (Å²) >= 11 is 0. The van der Waals surface area contributed by atoms with Gasteiger partial charge in [0, 0.05) is 0 Å². The Morgan fingerprint density at radius 2 is 1.40 bits per heavy atom. The summed E-state index contributed by atoms with van der Waals surface area (Å²) in [5.41, 5.74) is 0. The van der Waals surface area contributed by atoms with Crippen molar-refractivity contribution in [1.29, 1.82) is 0 Å². The molecule has 1 aliphatic heterocycles. The predicted octanol–water partition coefficient (Wildman–Crippen LogP) is 1.75. The summed E-state index contributed by atoms with van der Waals surface area (Å²) in [5.74, 6) is 4.60. The van der Waals surface area contributed by atoms with Gasteiger partial charge in [0.15, 0.2) is 0 Å². The minimum absolute atomic E-state index is 0.389. The van der Waals surface area contributed by atoms with Crippen molar-refractivity contribution < 1.29 is 0 Å². The van der Waals surface area contributed by atoms with Crippen molar-refractivity contribution in [2.24, 2.45) is 0 Å². The maximum atomic E-state index is 2.30. The molecule has 0 atom stereocenters. The second-order valence-electron chi connectivity index (χ2n) is 1.93. The lowest BCUT2D eigenvalue weighted by Crippen LogP contribution is -1.51. The van der Waals surface area contributed by atoms with Crippen molar-refractivity contribution in [3.63, 3.8) is 0 Å². The Bertz CT molecular complexity index is 63.7. The molecule has 0 aromatic heterocycles. The van der Waals surface area contributed by atoms with Crippen molar-refractivity contribution in [3.8, 4) is 0 Å². The van der Waals surface area contributed by atoms with E-state index in [0.29, 0.717) is 0 Å². The van der Waals surface area contributed by atoms with Gasteiger partial charge in [0.25, 0.3) is 0 Å². The molecule has 0 saturated heterocycles. The van der Waals surface area contributed by atoms with Crippen LogP contribution in [0.2, 0.25) is 0 Å². The van der Waals surface area contributed by atoms with Crippen LogP contribution in [0, 0.1) is 0 Å². The van der Waals surface area contributed by atoms with E-state index in [4.69, 9.17) is 0 Å². The fraction of sp³-hybridized carbons (Fsp3) is 0.500. The van der Waals surface area contributed by atoms with Gasteiger partial charge < -0.3 is 0 Å². The van der Waals surface area contributed by atoms with Gasteiger partial charge in [0.05, 0.1) is 32.2 Å². The molecule has 0 nitrogen and oxygen atoms in total. The Morgan fingerprint density at radius 3 is 1.40 bits per heavy atom. The lowest BCUT2D eigenvalue weighted by molar-refractivity contribution is 2.22. The van der Waals surface area contributed by atoms with E-state index in [-0.39, 0.29) is 7.26 Å². The van der Waals surface area contributed by atoms with Crippen LogP contribution in [-0.4, -0.2) is 13.3 Å². The summed E-state index contributed by atoms with van der Waals surface area (Å²) in [6.45, 7) is 4.60. The van der Waals surface area contributed by atoms with Crippen LogP contribution < -0.4 is 0 Å². The molecule has 1 rings (SSSR count). The Hall–Kier alpha value is 0.170. The first-order valence-electron chi connectivity index (χ1n) is 1.74. The van der Waals surface area contributed by atoms with Crippen LogP contribution >= 0.6 is 7.26 Å². The zero-order valence-corrected chi connectivity index (χ0v) is 4.50. The standard InChI is InChI=1S/C4H8P/c1-5(2)3-4-5/h3-4H,1-2H3/q+1. The van der Waals surface area contributed by atoms with Crippen molar-refractivity contribution >= 4 is 7.26 Å². The molecule has 5 heavy (non-hydrogen) atoms. The van der Waals surface area contributed by atoms with Gasteiger partial charge in [-0.25, -0.2) is 0 Å². The van der Waals surface area contributed by atoms with E-state index < -0.39 is 0 Å². The minimum atomic E-state index is -0.389. The molecule has 1 aliphatic rings. The quantitative estimate of drug-likeness (QED) is 0.395. The number of hydrogen-bond acceptors (Lipinski definition) is 0. The molecule has 1 heterocycles. The van der Waals surface area contributed by atoms with Gasteiger partial charge in [-0.1, -0.05) is 0 Å². The van der Waals surface area contributed by atoms with Crippen LogP contribution in [0.5, 0.6) is 0 Å². The molecule has 28 valence electrons. The summed E-state index contributed by atoms with van der Waals surface area (Å²) in [4.78, 5) is 0. The van der Waals surface area contributed by atoms with Crippen molar-refractivity contribution in [2.45, 2.75) is 0 Å². The van der Waals surface area contributed by atoms with Gasteiger partial charge in [0.1, 0.15) is 0 Å². The van der Waals surface area contributed by atoms with Crippen molar-refractivity contribution in [2.75, 3.05) is 13.3 Å². The van der Waals surface area contributed by atoms with E-state index in [0.717, 1.165) is 0 Å². The van der Waals surface area contributed by atoms with E-state index in [9.17, 15) is 0 Å². The van der Waals surface area contributed by atoms with E-state index in [2.05, 4.69) is 25.0 Å². The van der Waals surface area contributed by atoms with E-state index >= 15 is 0 Å². The summed E-state index contributed by atoms with van der Waals surface area (Å²) in [5, 5.41) is 0. The number of rotatable bonds is 0. The largest absolute Gasteiger partial charge is 0.0977 e. The molecule has 0 amide bonds. The van der Waals surface area contributed by atoms with Crippen LogP contribution in [0.4, 0.5) is 0 Å². The third-order valence-electron chi connectivity index (χ3n) is 0.745. The molecule has 0 aromatic carbocycles. The molecular formula is C4H8P+. The van der Waals surface area contributed by atoms with Crippen LogP contribution in [-0.2, 0) is 0 Å². The average Bonchev–Trinajstić information content (AvgIpc) is 1.76. The van der Waals surface area contributed by atoms with E-state index in [1.165, 1.54) is 0 Å². The zero-order valence-electron chi connectivity index (χ0n) is 3.60. The molecule has 0 aromatic rings. The van der Waals surface area contributed by atoms with Crippen molar-refractivity contribution in [1.82, 2.24) is 0 Å². The summed E-state index contributed by atoms with van der Waals surface area (Å²) in [7, 11) is -0.389. The Balaban J connectivity index is 2.47. The molecule has 0 fully saturated rings. The van der Waals surface area contributed by atoms with Crippen LogP contribution in [0.15, 0.2) is 11.6 Å². The van der Waals surface area contributed by atoms with Crippen molar-refractivity contribution in [3.05, 3.63) is 11.6 Å². The highest BCUT2D eigenvalue weighted by Crippen LogP contribution is 2.67. The first kappa shape index (κ1) is 3.36. The molecule has 0 radical (unpaired) electrons. The fourth-order valence-electron chi connectivity index (χ4n) is 0.133. The summed E-state index contributed by atoms with van der Waals surface area (Å²) in [6.07, 6.45) is 0. The maximum Gasteiger partial charge on any atom is 0.0977 e. The topological polar surface area (TPSA) is 0 Å². The smallest absolute Gasteiger partial charge is 0.0572 e. The first-order chi connectivity index (χ1) is 2.21. The monoisotopic (exact) mass is 87.0 g/mol. The Kier molecular flexibility index (Phi) is 0.422. The lowest BCUT2D eigenvalue weighted by Gasteiger charge is -1.79. The van der Waals surface area contributed by atoms with Gasteiger partial charge in [-0.2, -0.15) is 0 Å². The third kappa shape index (κ3) is 0.735. The SMILES string of the molecule is C[P+]1(C)C=C1. The molecule has 1 heteroatoms. The van der Waals surface area contributed by atoms with Gasteiger partial charge in [-0.15, -0.1) is 0 Å².